The molecule has 4 heteroatoms. The zero-order valence-corrected chi connectivity index (χ0v) is 10.9. The van der Waals surface area contributed by atoms with Crippen LogP contribution >= 0.6 is 0 Å². The van der Waals surface area contributed by atoms with Gasteiger partial charge in [-0.3, -0.25) is 0 Å². The molecule has 98 valence electrons. The number of hydrogen-bond acceptors (Lipinski definition) is 4. The van der Waals surface area contributed by atoms with Gasteiger partial charge in [-0.1, -0.05) is 23.4 Å². The Bertz CT molecular complexity index is 443. The van der Waals surface area contributed by atoms with Crippen molar-refractivity contribution in [3.8, 4) is 0 Å². The van der Waals surface area contributed by atoms with Crippen molar-refractivity contribution in [1.82, 2.24) is 0 Å². The van der Waals surface area contributed by atoms with Crippen molar-refractivity contribution in [3.05, 3.63) is 29.8 Å². The van der Waals surface area contributed by atoms with Gasteiger partial charge in [0.1, 0.15) is 0 Å². The van der Waals surface area contributed by atoms with Gasteiger partial charge in [-0.2, -0.15) is 0 Å². The van der Waals surface area contributed by atoms with Gasteiger partial charge in [0.05, 0.1) is 17.9 Å². The van der Waals surface area contributed by atoms with E-state index in [2.05, 4.69) is 10.1 Å². The fraction of sp³-hybridized carbons (Fsp3) is 0.500. The Labute approximate surface area is 108 Å². The number of fused-ring (bicyclic) bond motifs is 1. The summed E-state index contributed by atoms with van der Waals surface area (Å²) in [5.41, 5.74) is 2.73. The second kappa shape index (κ2) is 5.40. The summed E-state index contributed by atoms with van der Waals surface area (Å²) in [7, 11) is 0. The highest BCUT2D eigenvalue weighted by molar-refractivity contribution is 6.05. The molecule has 0 bridgehead atoms. The highest BCUT2D eigenvalue weighted by Gasteiger charge is 2.25. The standard InChI is InChI=1S/C14H20N2O2/c1-10(11(2)17)16-9-5-7-13(15-18)12-6-3-4-8-14(12)16/h3-4,6,8,10-11,17-18H,5,7,9H2,1-2H3/b15-13-. The number of hydrogen-bond donors (Lipinski definition) is 2. The van der Waals surface area contributed by atoms with Crippen LogP contribution in [0.1, 0.15) is 32.3 Å². The molecular weight excluding hydrogens is 228 g/mol. The SMILES string of the molecule is CC(O)C(C)N1CCC/C(=N/O)c2ccccc21. The topological polar surface area (TPSA) is 56.1 Å². The smallest absolute Gasteiger partial charge is 0.0889 e. The lowest BCUT2D eigenvalue weighted by Crippen LogP contribution is -2.41. The van der Waals surface area contributed by atoms with Crippen molar-refractivity contribution in [1.29, 1.82) is 0 Å². The molecule has 1 aliphatic rings. The van der Waals surface area contributed by atoms with Crippen LogP contribution in [0.4, 0.5) is 5.69 Å². The molecule has 0 spiro atoms. The molecule has 0 saturated carbocycles. The summed E-state index contributed by atoms with van der Waals surface area (Å²) < 4.78 is 0. The van der Waals surface area contributed by atoms with E-state index in [0.29, 0.717) is 0 Å². The first kappa shape index (κ1) is 12.9. The Morgan fingerprint density at radius 3 is 2.67 bits per heavy atom. The predicted octanol–water partition coefficient (Wildman–Crippen LogP) is 2.23. The number of nitrogens with zero attached hydrogens (tertiary/aromatic N) is 2. The molecule has 2 unspecified atom stereocenters. The molecule has 1 aromatic rings. The summed E-state index contributed by atoms with van der Waals surface area (Å²) >= 11 is 0. The Kier molecular flexibility index (Phi) is 3.87. The van der Waals surface area contributed by atoms with Crippen LogP contribution < -0.4 is 4.90 Å². The third kappa shape index (κ3) is 2.34. The highest BCUT2D eigenvalue weighted by atomic mass is 16.4. The lowest BCUT2D eigenvalue weighted by Gasteiger charge is -2.33. The van der Waals surface area contributed by atoms with Crippen molar-refractivity contribution in [3.63, 3.8) is 0 Å². The van der Waals surface area contributed by atoms with E-state index < -0.39 is 6.10 Å². The van der Waals surface area contributed by atoms with Crippen LogP contribution in [0.5, 0.6) is 0 Å². The third-order valence-electron chi connectivity index (χ3n) is 3.65. The minimum absolute atomic E-state index is 0.0455. The fourth-order valence-corrected chi connectivity index (χ4v) is 2.43. The Balaban J connectivity index is 2.45. The van der Waals surface area contributed by atoms with Crippen LogP contribution in [-0.2, 0) is 0 Å². The molecule has 0 radical (unpaired) electrons. The Hall–Kier alpha value is -1.55. The minimum Gasteiger partial charge on any atom is -0.411 e. The van der Waals surface area contributed by atoms with Gasteiger partial charge in [0.15, 0.2) is 0 Å². The summed E-state index contributed by atoms with van der Waals surface area (Å²) in [6.07, 6.45) is 1.28. The van der Waals surface area contributed by atoms with Gasteiger partial charge in [-0.05, 0) is 32.8 Å². The van der Waals surface area contributed by atoms with Crippen molar-refractivity contribution >= 4 is 11.4 Å². The molecule has 0 fully saturated rings. The summed E-state index contributed by atoms with van der Waals surface area (Å²) in [6.45, 7) is 4.68. The maximum Gasteiger partial charge on any atom is 0.0889 e. The monoisotopic (exact) mass is 248 g/mol. The molecule has 1 aromatic carbocycles. The van der Waals surface area contributed by atoms with E-state index in [-0.39, 0.29) is 6.04 Å². The van der Waals surface area contributed by atoms with Crippen molar-refractivity contribution in [2.24, 2.45) is 5.16 Å². The molecule has 2 N–H and O–H groups in total. The molecule has 0 amide bonds. The summed E-state index contributed by atoms with van der Waals surface area (Å²) in [6, 6.07) is 7.95. The second-order valence-electron chi connectivity index (χ2n) is 4.84. The Morgan fingerprint density at radius 2 is 2.00 bits per heavy atom. The van der Waals surface area contributed by atoms with Gasteiger partial charge in [0.25, 0.3) is 0 Å². The van der Waals surface area contributed by atoms with Gasteiger partial charge in [-0.25, -0.2) is 0 Å². The summed E-state index contributed by atoms with van der Waals surface area (Å²) in [5, 5.41) is 22.3. The first-order valence-electron chi connectivity index (χ1n) is 6.40. The molecule has 0 saturated heterocycles. The molecule has 4 nitrogen and oxygen atoms in total. The van der Waals surface area contributed by atoms with Crippen molar-refractivity contribution in [2.45, 2.75) is 38.8 Å². The van der Waals surface area contributed by atoms with E-state index in [1.807, 2.05) is 31.2 Å². The number of aliphatic hydroxyl groups is 1. The summed E-state index contributed by atoms with van der Waals surface area (Å²) in [5.74, 6) is 0. The van der Waals surface area contributed by atoms with Crippen LogP contribution in [-0.4, -0.2) is 34.7 Å². The first-order chi connectivity index (χ1) is 8.65. The predicted molar refractivity (Wildman–Crippen MR) is 72.5 cm³/mol. The maximum absolute atomic E-state index is 9.79. The molecule has 1 heterocycles. The molecule has 0 aromatic heterocycles. The Morgan fingerprint density at radius 1 is 1.28 bits per heavy atom. The number of anilines is 1. The molecule has 18 heavy (non-hydrogen) atoms. The van der Waals surface area contributed by atoms with E-state index in [0.717, 1.165) is 36.3 Å². The largest absolute Gasteiger partial charge is 0.411 e. The lowest BCUT2D eigenvalue weighted by molar-refractivity contribution is 0.165. The van der Waals surface area contributed by atoms with Gasteiger partial charge in [0, 0.05) is 17.8 Å². The number of aliphatic hydroxyl groups excluding tert-OH is 1. The fourth-order valence-electron chi connectivity index (χ4n) is 2.43. The van der Waals surface area contributed by atoms with Gasteiger partial charge >= 0.3 is 0 Å². The van der Waals surface area contributed by atoms with Crippen LogP contribution in [0.3, 0.4) is 0 Å². The second-order valence-corrected chi connectivity index (χ2v) is 4.84. The van der Waals surface area contributed by atoms with E-state index in [1.165, 1.54) is 0 Å². The molecule has 2 atom stereocenters. The van der Waals surface area contributed by atoms with E-state index >= 15 is 0 Å². The zero-order valence-electron chi connectivity index (χ0n) is 10.9. The molecule has 0 aliphatic carbocycles. The van der Waals surface area contributed by atoms with Gasteiger partial charge in [-0.15, -0.1) is 0 Å². The number of para-hydroxylation sites is 1. The minimum atomic E-state index is -0.398. The average molecular weight is 248 g/mol. The van der Waals surface area contributed by atoms with Crippen molar-refractivity contribution < 1.29 is 10.3 Å². The van der Waals surface area contributed by atoms with Crippen LogP contribution in [0.2, 0.25) is 0 Å². The van der Waals surface area contributed by atoms with Crippen LogP contribution in [0.25, 0.3) is 0 Å². The van der Waals surface area contributed by atoms with Gasteiger partial charge < -0.3 is 15.2 Å². The quantitative estimate of drug-likeness (QED) is 0.623. The summed E-state index contributed by atoms with van der Waals surface area (Å²) in [4.78, 5) is 2.19. The van der Waals surface area contributed by atoms with E-state index in [9.17, 15) is 5.11 Å². The number of rotatable bonds is 2. The van der Waals surface area contributed by atoms with Crippen molar-refractivity contribution in [2.75, 3.05) is 11.4 Å². The number of oxime groups is 1. The third-order valence-corrected chi connectivity index (χ3v) is 3.65. The van der Waals surface area contributed by atoms with Crippen LogP contribution in [0, 0.1) is 0 Å². The molecule has 1 aliphatic heterocycles. The zero-order chi connectivity index (χ0) is 13.1. The van der Waals surface area contributed by atoms with E-state index in [1.54, 1.807) is 6.92 Å². The lowest BCUT2D eigenvalue weighted by atomic mass is 10.0. The molecule has 2 rings (SSSR count). The van der Waals surface area contributed by atoms with E-state index in [4.69, 9.17) is 5.21 Å². The number of benzene rings is 1. The normalized spacial score (nSPS) is 21.3. The first-order valence-corrected chi connectivity index (χ1v) is 6.40. The van der Waals surface area contributed by atoms with Crippen LogP contribution in [0.15, 0.2) is 29.4 Å². The highest BCUT2D eigenvalue weighted by Crippen LogP contribution is 2.28. The molecular formula is C14H20N2O2. The maximum atomic E-state index is 9.79. The van der Waals surface area contributed by atoms with Gasteiger partial charge in [0.2, 0.25) is 0 Å². The average Bonchev–Trinajstić information content (AvgIpc) is 2.56.